The van der Waals surface area contributed by atoms with Crippen molar-refractivity contribution in [2.75, 3.05) is 6.54 Å². The van der Waals surface area contributed by atoms with E-state index in [1.165, 1.54) is 27.6 Å². The van der Waals surface area contributed by atoms with Crippen LogP contribution in [0.15, 0.2) is 36.5 Å². The number of carboxylic acid groups (broad SMARTS) is 1. The summed E-state index contributed by atoms with van der Waals surface area (Å²) in [7, 11) is 0. The number of aliphatic carboxylic acids is 1. The SMILES string of the molecule is Cc1ccc(Cn2c3c(c4cccnc42)CCN(C(=O)CCCC(C)(C)C(=O)O)C3)cc1C. The minimum absolute atomic E-state index is 0.0952. The molecule has 0 atom stereocenters. The summed E-state index contributed by atoms with van der Waals surface area (Å²) in [4.78, 5) is 30.9. The maximum Gasteiger partial charge on any atom is 0.309 e. The fourth-order valence-electron chi connectivity index (χ4n) is 4.67. The van der Waals surface area contributed by atoms with E-state index in [0.717, 1.165) is 24.3 Å². The van der Waals surface area contributed by atoms with E-state index in [4.69, 9.17) is 0 Å². The molecule has 0 radical (unpaired) electrons. The zero-order chi connectivity index (χ0) is 23.8. The molecule has 1 N–H and O–H groups in total. The minimum atomic E-state index is -0.819. The molecule has 33 heavy (non-hydrogen) atoms. The molecule has 2 aromatic heterocycles. The van der Waals surface area contributed by atoms with Crippen LogP contribution in [0.1, 0.15) is 61.1 Å². The van der Waals surface area contributed by atoms with Crippen LogP contribution in [-0.2, 0) is 29.1 Å². The van der Waals surface area contributed by atoms with Gasteiger partial charge in [-0.15, -0.1) is 0 Å². The van der Waals surface area contributed by atoms with E-state index in [0.29, 0.717) is 32.4 Å². The Morgan fingerprint density at radius 2 is 1.94 bits per heavy atom. The van der Waals surface area contributed by atoms with Crippen molar-refractivity contribution in [2.45, 2.75) is 66.5 Å². The van der Waals surface area contributed by atoms with Crippen molar-refractivity contribution in [1.82, 2.24) is 14.5 Å². The number of carboxylic acids is 1. The van der Waals surface area contributed by atoms with Gasteiger partial charge in [0, 0.05) is 36.8 Å². The number of rotatable bonds is 7. The van der Waals surface area contributed by atoms with Crippen molar-refractivity contribution in [3.63, 3.8) is 0 Å². The molecule has 1 aliphatic heterocycles. The first kappa shape index (κ1) is 23.0. The molecule has 4 rings (SSSR count). The van der Waals surface area contributed by atoms with E-state index in [1.54, 1.807) is 13.8 Å². The van der Waals surface area contributed by atoms with Gasteiger partial charge in [-0.05, 0) is 81.3 Å². The number of fused-ring (bicyclic) bond motifs is 3. The number of nitrogens with zero attached hydrogens (tertiary/aromatic N) is 3. The quantitative estimate of drug-likeness (QED) is 0.561. The summed E-state index contributed by atoms with van der Waals surface area (Å²) in [6, 6.07) is 10.7. The molecule has 0 saturated carbocycles. The van der Waals surface area contributed by atoms with Crippen LogP contribution >= 0.6 is 0 Å². The van der Waals surface area contributed by atoms with Crippen LogP contribution in [0.5, 0.6) is 0 Å². The first-order valence-corrected chi connectivity index (χ1v) is 11.7. The summed E-state index contributed by atoms with van der Waals surface area (Å²) in [5, 5.41) is 10.5. The van der Waals surface area contributed by atoms with Gasteiger partial charge in [-0.25, -0.2) is 4.98 Å². The average Bonchev–Trinajstić information content (AvgIpc) is 3.09. The molecular formula is C27H33N3O3. The third-order valence-corrected chi connectivity index (χ3v) is 7.05. The largest absolute Gasteiger partial charge is 0.481 e. The average molecular weight is 448 g/mol. The molecule has 174 valence electrons. The zero-order valence-electron chi connectivity index (χ0n) is 20.0. The summed E-state index contributed by atoms with van der Waals surface area (Å²) >= 11 is 0. The molecular weight excluding hydrogens is 414 g/mol. The van der Waals surface area contributed by atoms with Crippen molar-refractivity contribution >= 4 is 22.9 Å². The van der Waals surface area contributed by atoms with Crippen LogP contribution in [0, 0.1) is 19.3 Å². The minimum Gasteiger partial charge on any atom is -0.481 e. The van der Waals surface area contributed by atoms with Gasteiger partial charge in [0.25, 0.3) is 0 Å². The lowest BCUT2D eigenvalue weighted by Crippen LogP contribution is -2.36. The normalized spacial score (nSPS) is 13.9. The van der Waals surface area contributed by atoms with E-state index in [9.17, 15) is 14.7 Å². The van der Waals surface area contributed by atoms with Gasteiger partial charge in [0.2, 0.25) is 5.91 Å². The van der Waals surface area contributed by atoms with E-state index in [2.05, 4.69) is 47.7 Å². The molecule has 0 fully saturated rings. The number of aromatic nitrogens is 2. The second-order valence-electron chi connectivity index (χ2n) is 9.91. The summed E-state index contributed by atoms with van der Waals surface area (Å²) in [5.74, 6) is -0.723. The van der Waals surface area contributed by atoms with Crippen LogP contribution in [0.4, 0.5) is 0 Å². The van der Waals surface area contributed by atoms with Gasteiger partial charge in [0.05, 0.1) is 12.0 Å². The number of hydrogen-bond acceptors (Lipinski definition) is 3. The Kier molecular flexibility index (Phi) is 6.28. The van der Waals surface area contributed by atoms with Gasteiger partial charge >= 0.3 is 5.97 Å². The second-order valence-corrected chi connectivity index (χ2v) is 9.91. The summed E-state index contributed by atoms with van der Waals surface area (Å²) in [6.45, 7) is 9.65. The molecule has 3 aromatic rings. The number of carbonyl (C=O) groups is 2. The van der Waals surface area contributed by atoms with Crippen LogP contribution in [0.25, 0.3) is 11.0 Å². The lowest BCUT2D eigenvalue weighted by atomic mass is 9.87. The van der Waals surface area contributed by atoms with Crippen molar-refractivity contribution < 1.29 is 14.7 Å². The van der Waals surface area contributed by atoms with E-state index >= 15 is 0 Å². The Labute approximate surface area is 195 Å². The Morgan fingerprint density at radius 3 is 2.67 bits per heavy atom. The highest BCUT2D eigenvalue weighted by atomic mass is 16.4. The first-order chi connectivity index (χ1) is 15.7. The Morgan fingerprint density at radius 1 is 1.15 bits per heavy atom. The molecule has 3 heterocycles. The summed E-state index contributed by atoms with van der Waals surface area (Å²) < 4.78 is 2.27. The van der Waals surface area contributed by atoms with Crippen LogP contribution in [-0.4, -0.2) is 38.0 Å². The van der Waals surface area contributed by atoms with Gasteiger partial charge in [-0.3, -0.25) is 9.59 Å². The number of carbonyl (C=O) groups excluding carboxylic acids is 1. The lowest BCUT2D eigenvalue weighted by Gasteiger charge is -2.29. The molecule has 6 nitrogen and oxygen atoms in total. The maximum atomic E-state index is 13.0. The van der Waals surface area contributed by atoms with Crippen LogP contribution < -0.4 is 0 Å². The van der Waals surface area contributed by atoms with Gasteiger partial charge in [-0.2, -0.15) is 0 Å². The highest BCUT2D eigenvalue weighted by Crippen LogP contribution is 2.31. The molecule has 0 unspecified atom stereocenters. The van der Waals surface area contributed by atoms with Gasteiger partial charge in [-0.1, -0.05) is 18.2 Å². The van der Waals surface area contributed by atoms with Crippen molar-refractivity contribution in [1.29, 1.82) is 0 Å². The Balaban J connectivity index is 1.56. The number of aryl methyl sites for hydroxylation is 2. The number of amides is 1. The highest BCUT2D eigenvalue weighted by Gasteiger charge is 2.29. The summed E-state index contributed by atoms with van der Waals surface area (Å²) in [5.41, 5.74) is 6.39. The van der Waals surface area contributed by atoms with Crippen molar-refractivity contribution in [2.24, 2.45) is 5.41 Å². The van der Waals surface area contributed by atoms with Crippen LogP contribution in [0.3, 0.4) is 0 Å². The summed E-state index contributed by atoms with van der Waals surface area (Å²) in [6.07, 6.45) is 4.09. The number of hydrogen-bond donors (Lipinski definition) is 1. The van der Waals surface area contributed by atoms with Gasteiger partial charge in [0.15, 0.2) is 0 Å². The first-order valence-electron chi connectivity index (χ1n) is 11.7. The standard InChI is InChI=1S/C27H33N3O3/c1-18-9-10-20(15-19(18)2)16-30-23-17-29(24(31)8-5-12-27(3,4)26(32)33)14-11-21(23)22-7-6-13-28-25(22)30/h6-7,9-10,13,15H,5,8,11-12,14,16-17H2,1-4H3,(H,32,33). The third kappa shape index (κ3) is 4.65. The van der Waals surface area contributed by atoms with Crippen molar-refractivity contribution in [3.05, 3.63) is 64.5 Å². The Hall–Kier alpha value is -3.15. The number of benzene rings is 1. The molecule has 1 aromatic carbocycles. The van der Waals surface area contributed by atoms with E-state index in [1.807, 2.05) is 17.2 Å². The fourth-order valence-corrected chi connectivity index (χ4v) is 4.67. The number of pyridine rings is 1. The topological polar surface area (TPSA) is 75.4 Å². The highest BCUT2D eigenvalue weighted by molar-refractivity contribution is 5.84. The van der Waals surface area contributed by atoms with E-state index in [-0.39, 0.29) is 5.91 Å². The Bertz CT molecular complexity index is 1210. The molecule has 6 heteroatoms. The van der Waals surface area contributed by atoms with Crippen molar-refractivity contribution in [3.8, 4) is 0 Å². The molecule has 1 aliphatic rings. The van der Waals surface area contributed by atoms with Gasteiger partial charge in [0.1, 0.15) is 5.65 Å². The third-order valence-electron chi connectivity index (χ3n) is 7.05. The monoisotopic (exact) mass is 447 g/mol. The fraction of sp³-hybridized carbons (Fsp3) is 0.444. The zero-order valence-corrected chi connectivity index (χ0v) is 20.0. The second kappa shape index (κ2) is 9.00. The smallest absolute Gasteiger partial charge is 0.309 e. The molecule has 1 amide bonds. The molecule has 0 bridgehead atoms. The predicted molar refractivity (Wildman–Crippen MR) is 129 cm³/mol. The lowest BCUT2D eigenvalue weighted by molar-refractivity contribution is -0.147. The maximum absolute atomic E-state index is 13.0. The van der Waals surface area contributed by atoms with Crippen LogP contribution in [0.2, 0.25) is 0 Å². The predicted octanol–water partition coefficient (Wildman–Crippen LogP) is 4.87. The van der Waals surface area contributed by atoms with Gasteiger partial charge < -0.3 is 14.6 Å². The molecule has 0 aliphatic carbocycles. The molecule has 0 saturated heterocycles. The van der Waals surface area contributed by atoms with E-state index < -0.39 is 11.4 Å². The molecule has 0 spiro atoms.